The molecule has 40 heavy (non-hydrogen) atoms. The second-order valence-corrected chi connectivity index (χ2v) is 10.5. The van der Waals surface area contributed by atoms with Gasteiger partial charge in [-0.15, -0.1) is 5.10 Å². The van der Waals surface area contributed by atoms with Gasteiger partial charge in [-0.3, -0.25) is 4.79 Å². The normalized spacial score (nSPS) is 14.4. The smallest absolute Gasteiger partial charge is 0.338 e. The minimum atomic E-state index is -0.561. The van der Waals surface area contributed by atoms with Crippen LogP contribution < -0.4 is 10.1 Å². The average Bonchev–Trinajstić information content (AvgIpc) is 3.37. The molecule has 1 unspecified atom stereocenters. The minimum absolute atomic E-state index is 0.0405. The zero-order valence-corrected chi connectivity index (χ0v) is 24.7. The van der Waals surface area contributed by atoms with Crippen molar-refractivity contribution in [2.75, 3.05) is 31.6 Å². The summed E-state index contributed by atoms with van der Waals surface area (Å²) in [6.45, 7) is 9.21. The van der Waals surface area contributed by atoms with E-state index in [1.807, 2.05) is 64.1 Å². The first-order valence-corrected chi connectivity index (χ1v) is 14.7. The van der Waals surface area contributed by atoms with E-state index < -0.39 is 12.0 Å². The summed E-state index contributed by atoms with van der Waals surface area (Å²) >= 11 is 7.79. The van der Waals surface area contributed by atoms with Gasteiger partial charge in [0.05, 0.1) is 12.2 Å². The lowest BCUT2D eigenvalue weighted by molar-refractivity contribution is -0.139. The third-order valence-electron chi connectivity index (χ3n) is 6.48. The number of ether oxygens (including phenoxy) is 2. The Labute approximate surface area is 243 Å². The number of hydrogen-bond acceptors (Lipinski definition) is 8. The Morgan fingerprint density at radius 1 is 1.10 bits per heavy atom. The first-order chi connectivity index (χ1) is 19.4. The molecule has 3 aromatic rings. The van der Waals surface area contributed by atoms with Crippen molar-refractivity contribution in [2.24, 2.45) is 0 Å². The van der Waals surface area contributed by atoms with Crippen LogP contribution in [0.15, 0.2) is 65.0 Å². The molecule has 1 aliphatic heterocycles. The van der Waals surface area contributed by atoms with Crippen molar-refractivity contribution in [2.45, 2.75) is 51.1 Å². The fourth-order valence-electron chi connectivity index (χ4n) is 4.35. The molecule has 0 spiro atoms. The fraction of sp³-hybridized carbons (Fsp3) is 0.379. The summed E-state index contributed by atoms with van der Waals surface area (Å²) in [6, 6.07) is 14.4. The van der Waals surface area contributed by atoms with Crippen LogP contribution in [0.4, 0.5) is 5.95 Å². The van der Waals surface area contributed by atoms with Crippen molar-refractivity contribution in [1.82, 2.24) is 19.7 Å². The van der Waals surface area contributed by atoms with Crippen LogP contribution in [-0.4, -0.2) is 57.8 Å². The number of carbonyl (C=O) groups excluding carboxylic acids is 2. The van der Waals surface area contributed by atoms with Crippen LogP contribution in [0, 0.1) is 0 Å². The molecule has 0 radical (unpaired) electrons. The number of amides is 1. The average molecular weight is 584 g/mol. The maximum Gasteiger partial charge on any atom is 0.338 e. The van der Waals surface area contributed by atoms with E-state index >= 15 is 0 Å². The van der Waals surface area contributed by atoms with Crippen molar-refractivity contribution >= 4 is 41.2 Å². The summed E-state index contributed by atoms with van der Waals surface area (Å²) in [4.78, 5) is 32.0. The summed E-state index contributed by atoms with van der Waals surface area (Å²) in [6.07, 6.45) is 0.714. The highest BCUT2D eigenvalue weighted by Gasteiger charge is 2.35. The van der Waals surface area contributed by atoms with Gasteiger partial charge in [-0.1, -0.05) is 60.6 Å². The molecular formula is C29H34ClN5O4S. The zero-order valence-electron chi connectivity index (χ0n) is 23.1. The summed E-state index contributed by atoms with van der Waals surface area (Å²) in [5.74, 6) is 1.21. The largest absolute Gasteiger partial charge is 0.484 e. The Kier molecular flexibility index (Phi) is 10.1. The topological polar surface area (TPSA) is 98.6 Å². The van der Waals surface area contributed by atoms with Gasteiger partial charge in [0.2, 0.25) is 11.1 Å². The molecular weight excluding hydrogens is 550 g/mol. The molecule has 2 heterocycles. The summed E-state index contributed by atoms with van der Waals surface area (Å²) in [5, 5.41) is 9.23. The summed E-state index contributed by atoms with van der Waals surface area (Å²) in [5.41, 5.74) is 2.90. The van der Waals surface area contributed by atoms with Gasteiger partial charge in [0.15, 0.2) is 6.61 Å². The molecule has 0 aliphatic carbocycles. The van der Waals surface area contributed by atoms with Crippen molar-refractivity contribution in [3.8, 4) is 5.75 Å². The monoisotopic (exact) mass is 583 g/mol. The number of halogens is 1. The van der Waals surface area contributed by atoms with Gasteiger partial charge in [-0.2, -0.15) is 4.98 Å². The quantitative estimate of drug-likeness (QED) is 0.214. The Hall–Kier alpha value is -3.50. The molecule has 9 nitrogen and oxygen atoms in total. The van der Waals surface area contributed by atoms with Crippen LogP contribution in [-0.2, 0) is 20.1 Å². The second kappa shape index (κ2) is 13.7. The highest BCUT2D eigenvalue weighted by Crippen LogP contribution is 2.37. The SMILES string of the molecule is CCCOC(=O)C1=C(C)Nc2nc(SCc3ccccc3Cl)nn2C1c1ccc(OCC(=O)N(CC)CC)cc1. The lowest BCUT2D eigenvalue weighted by atomic mass is 9.96. The Morgan fingerprint density at radius 2 is 1.82 bits per heavy atom. The number of thioether (sulfide) groups is 1. The first kappa shape index (κ1) is 29.5. The number of allylic oxidation sites excluding steroid dienone is 1. The van der Waals surface area contributed by atoms with Gasteiger partial charge in [-0.25, -0.2) is 9.48 Å². The predicted molar refractivity (Wildman–Crippen MR) is 157 cm³/mol. The summed E-state index contributed by atoms with van der Waals surface area (Å²) in [7, 11) is 0. The number of aromatic nitrogens is 3. The highest BCUT2D eigenvalue weighted by atomic mass is 35.5. The second-order valence-electron chi connectivity index (χ2n) is 9.17. The lowest BCUT2D eigenvalue weighted by Gasteiger charge is -2.28. The van der Waals surface area contributed by atoms with Gasteiger partial charge in [-0.05, 0) is 56.5 Å². The van der Waals surface area contributed by atoms with Gasteiger partial charge in [0, 0.05) is 29.6 Å². The number of nitrogens with zero attached hydrogens (tertiary/aromatic N) is 4. The van der Waals surface area contributed by atoms with Gasteiger partial charge >= 0.3 is 5.97 Å². The fourth-order valence-corrected chi connectivity index (χ4v) is 5.47. The molecule has 1 amide bonds. The molecule has 11 heteroatoms. The third-order valence-corrected chi connectivity index (χ3v) is 7.73. The van der Waals surface area contributed by atoms with E-state index in [0.29, 0.717) is 65.0 Å². The van der Waals surface area contributed by atoms with Crippen molar-refractivity contribution in [3.63, 3.8) is 0 Å². The van der Waals surface area contributed by atoms with Crippen molar-refractivity contribution < 1.29 is 19.1 Å². The van der Waals surface area contributed by atoms with Crippen LogP contribution in [0.2, 0.25) is 5.02 Å². The number of nitrogens with one attached hydrogen (secondary N) is 1. The molecule has 0 fully saturated rings. The van der Waals surface area contributed by atoms with Crippen LogP contribution in [0.1, 0.15) is 51.3 Å². The van der Waals surface area contributed by atoms with Crippen LogP contribution in [0.3, 0.4) is 0 Å². The van der Waals surface area contributed by atoms with Gasteiger partial charge in [0.1, 0.15) is 11.8 Å². The number of likely N-dealkylation sites (N-methyl/N-ethyl adjacent to an activating group) is 1. The number of fused-ring (bicyclic) bond motifs is 1. The Bertz CT molecular complexity index is 1370. The molecule has 0 saturated heterocycles. The van der Waals surface area contributed by atoms with E-state index in [4.69, 9.17) is 26.2 Å². The molecule has 212 valence electrons. The molecule has 4 rings (SSSR count). The van der Waals surface area contributed by atoms with E-state index in [1.54, 1.807) is 21.7 Å². The highest BCUT2D eigenvalue weighted by molar-refractivity contribution is 7.98. The summed E-state index contributed by atoms with van der Waals surface area (Å²) < 4.78 is 13.0. The van der Waals surface area contributed by atoms with Crippen molar-refractivity contribution in [3.05, 3.63) is 76.0 Å². The van der Waals surface area contributed by atoms with Crippen molar-refractivity contribution in [1.29, 1.82) is 0 Å². The van der Waals surface area contributed by atoms with Crippen LogP contribution >= 0.6 is 23.4 Å². The molecule has 1 atom stereocenters. The maximum absolute atomic E-state index is 13.2. The zero-order chi connectivity index (χ0) is 28.6. The first-order valence-electron chi connectivity index (χ1n) is 13.3. The Morgan fingerprint density at radius 3 is 2.50 bits per heavy atom. The molecule has 2 aromatic carbocycles. The minimum Gasteiger partial charge on any atom is -0.484 e. The molecule has 0 bridgehead atoms. The maximum atomic E-state index is 13.2. The standard InChI is InChI=1S/C29H34ClN5O4S/c1-5-16-38-27(37)25-19(4)31-28-32-29(40-18-21-10-8-9-11-23(21)30)33-35(28)26(25)20-12-14-22(15-13-20)39-17-24(36)34(6-2)7-3/h8-15,26H,5-7,16-18H2,1-4H3,(H,31,32,33). The van der Waals surface area contributed by atoms with E-state index in [1.165, 1.54) is 11.8 Å². The van der Waals surface area contributed by atoms with Gasteiger partial charge in [0.25, 0.3) is 5.91 Å². The predicted octanol–water partition coefficient (Wildman–Crippen LogP) is 5.71. The van der Waals surface area contributed by atoms with Gasteiger partial charge < -0.3 is 19.7 Å². The third kappa shape index (κ3) is 6.79. The lowest BCUT2D eigenvalue weighted by Crippen LogP contribution is -2.34. The van der Waals surface area contributed by atoms with E-state index in [0.717, 1.165) is 11.1 Å². The number of carbonyl (C=O) groups is 2. The molecule has 1 aromatic heterocycles. The molecule has 1 N–H and O–H groups in total. The van der Waals surface area contributed by atoms with E-state index in [9.17, 15) is 9.59 Å². The van der Waals surface area contributed by atoms with Crippen LogP contribution in [0.5, 0.6) is 5.75 Å². The number of esters is 1. The molecule has 0 saturated carbocycles. The number of hydrogen-bond donors (Lipinski definition) is 1. The number of benzene rings is 2. The van der Waals surface area contributed by atoms with Crippen LogP contribution in [0.25, 0.3) is 0 Å². The van der Waals surface area contributed by atoms with E-state index in [2.05, 4.69) is 10.3 Å². The number of anilines is 1. The molecule has 1 aliphatic rings. The Balaban J connectivity index is 1.60. The van der Waals surface area contributed by atoms with E-state index in [-0.39, 0.29) is 12.5 Å². The number of rotatable bonds is 12.